The molecule has 0 aliphatic heterocycles. The van der Waals surface area contributed by atoms with Gasteiger partial charge in [0, 0.05) is 30.9 Å². The molecule has 4 N–H and O–H groups in total. The maximum absolute atomic E-state index is 12.5. The Morgan fingerprint density at radius 3 is 2.29 bits per heavy atom. The standard InChI is InChI=1S/C21H26N2O7S/c1-21(2,31(4,28)29)18(20(26)23-27)22-19(25)16-12-10-15(11-13-16)8-6-5-7-9-17(14-24)30-3/h10-13,17-18,24,27H,9,14H2,1-4H3,(H,22,25)(H,23,26). The molecular weight excluding hydrogens is 424 g/mol. The fourth-order valence-electron chi connectivity index (χ4n) is 2.29. The summed E-state index contributed by atoms with van der Waals surface area (Å²) in [5, 5.41) is 20.3. The lowest BCUT2D eigenvalue weighted by molar-refractivity contribution is -0.131. The highest BCUT2D eigenvalue weighted by Gasteiger charge is 2.44. The third-order valence-electron chi connectivity index (χ3n) is 4.67. The number of sulfone groups is 1. The third kappa shape index (κ3) is 7.39. The van der Waals surface area contributed by atoms with Gasteiger partial charge >= 0.3 is 0 Å². The molecule has 9 nitrogen and oxygen atoms in total. The predicted octanol–water partition coefficient (Wildman–Crippen LogP) is -0.134. The van der Waals surface area contributed by atoms with Crippen molar-refractivity contribution in [2.24, 2.45) is 0 Å². The van der Waals surface area contributed by atoms with Crippen LogP contribution in [-0.4, -0.2) is 67.4 Å². The van der Waals surface area contributed by atoms with Crippen molar-refractivity contribution in [3.63, 3.8) is 0 Å². The van der Waals surface area contributed by atoms with E-state index in [0.29, 0.717) is 12.0 Å². The van der Waals surface area contributed by atoms with Gasteiger partial charge in [-0.05, 0) is 50.0 Å². The monoisotopic (exact) mass is 450 g/mol. The van der Waals surface area contributed by atoms with Crippen molar-refractivity contribution in [1.82, 2.24) is 10.8 Å². The van der Waals surface area contributed by atoms with E-state index in [1.807, 2.05) is 0 Å². The van der Waals surface area contributed by atoms with Gasteiger partial charge in [-0.2, -0.15) is 0 Å². The van der Waals surface area contributed by atoms with Crippen molar-refractivity contribution in [3.8, 4) is 23.7 Å². The second-order valence-electron chi connectivity index (χ2n) is 7.13. The highest BCUT2D eigenvalue weighted by Crippen LogP contribution is 2.21. The fourth-order valence-corrected chi connectivity index (χ4v) is 2.88. The number of carbonyl (C=O) groups is 2. The molecule has 0 aliphatic carbocycles. The largest absolute Gasteiger partial charge is 0.394 e. The summed E-state index contributed by atoms with van der Waals surface area (Å²) in [7, 11) is -2.28. The smallest absolute Gasteiger partial charge is 0.267 e. The zero-order valence-corrected chi connectivity index (χ0v) is 18.5. The van der Waals surface area contributed by atoms with Gasteiger partial charge in [0.2, 0.25) is 0 Å². The quantitative estimate of drug-likeness (QED) is 0.245. The number of hydroxylamine groups is 1. The molecule has 0 spiro atoms. The SMILES string of the molecule is COC(CO)CC#CC#Cc1ccc(C(=O)NC(C(=O)NO)C(C)(C)S(C)(=O)=O)cc1. The average Bonchev–Trinajstić information content (AvgIpc) is 2.73. The van der Waals surface area contributed by atoms with E-state index in [1.165, 1.54) is 38.6 Å². The number of hydrogen-bond donors (Lipinski definition) is 4. The zero-order valence-electron chi connectivity index (χ0n) is 17.7. The Morgan fingerprint density at radius 1 is 1.19 bits per heavy atom. The second-order valence-corrected chi connectivity index (χ2v) is 9.73. The van der Waals surface area contributed by atoms with E-state index in [9.17, 15) is 18.0 Å². The molecule has 168 valence electrons. The van der Waals surface area contributed by atoms with Crippen LogP contribution >= 0.6 is 0 Å². The van der Waals surface area contributed by atoms with E-state index in [4.69, 9.17) is 15.1 Å². The molecule has 2 amide bonds. The molecule has 10 heteroatoms. The Morgan fingerprint density at radius 2 is 1.81 bits per heavy atom. The van der Waals surface area contributed by atoms with Crippen molar-refractivity contribution in [1.29, 1.82) is 0 Å². The number of carbonyl (C=O) groups excluding carboxylic acids is 2. The summed E-state index contributed by atoms with van der Waals surface area (Å²) in [5.41, 5.74) is 2.14. The fraction of sp³-hybridized carbons (Fsp3) is 0.429. The lowest BCUT2D eigenvalue weighted by Crippen LogP contribution is -2.60. The van der Waals surface area contributed by atoms with E-state index in [0.717, 1.165) is 6.26 Å². The van der Waals surface area contributed by atoms with Gasteiger partial charge in [-0.3, -0.25) is 14.8 Å². The van der Waals surface area contributed by atoms with E-state index in [2.05, 4.69) is 29.0 Å². The predicted molar refractivity (Wildman–Crippen MR) is 114 cm³/mol. The Balaban J connectivity index is 2.93. The highest BCUT2D eigenvalue weighted by molar-refractivity contribution is 7.92. The van der Waals surface area contributed by atoms with E-state index >= 15 is 0 Å². The summed E-state index contributed by atoms with van der Waals surface area (Å²) in [4.78, 5) is 24.5. The molecule has 0 saturated heterocycles. The van der Waals surface area contributed by atoms with Gasteiger partial charge < -0.3 is 15.2 Å². The Kier molecular flexibility index (Phi) is 9.69. The second kappa shape index (κ2) is 11.5. The number of benzene rings is 1. The summed E-state index contributed by atoms with van der Waals surface area (Å²) < 4.78 is 27.4. The Hall–Kier alpha value is -2.89. The third-order valence-corrected chi connectivity index (χ3v) is 6.82. The number of ether oxygens (including phenoxy) is 1. The highest BCUT2D eigenvalue weighted by atomic mass is 32.2. The summed E-state index contributed by atoms with van der Waals surface area (Å²) in [6, 6.07) is 4.53. The lowest BCUT2D eigenvalue weighted by atomic mass is 10.0. The first-order valence-corrected chi connectivity index (χ1v) is 11.0. The van der Waals surface area contributed by atoms with Crippen LogP contribution in [0.25, 0.3) is 0 Å². The van der Waals surface area contributed by atoms with E-state index < -0.39 is 32.4 Å². The topological polar surface area (TPSA) is 142 Å². The van der Waals surface area contributed by atoms with Gasteiger partial charge in [0.15, 0.2) is 9.84 Å². The normalized spacial score (nSPS) is 13.0. The summed E-state index contributed by atoms with van der Waals surface area (Å²) in [6.07, 6.45) is 0.913. The van der Waals surface area contributed by atoms with Crippen LogP contribution < -0.4 is 10.8 Å². The van der Waals surface area contributed by atoms with E-state index in [-0.39, 0.29) is 18.3 Å². The molecule has 0 saturated carbocycles. The minimum Gasteiger partial charge on any atom is -0.394 e. The molecule has 31 heavy (non-hydrogen) atoms. The summed E-state index contributed by atoms with van der Waals surface area (Å²) in [5.74, 6) is 9.11. The van der Waals surface area contributed by atoms with Gasteiger partial charge in [-0.25, -0.2) is 13.9 Å². The summed E-state index contributed by atoms with van der Waals surface area (Å²) >= 11 is 0. The Bertz CT molecular complexity index is 1010. The zero-order chi connectivity index (χ0) is 23.7. The molecular formula is C21H26N2O7S. The number of aliphatic hydroxyl groups excluding tert-OH is 1. The lowest BCUT2D eigenvalue weighted by Gasteiger charge is -2.31. The van der Waals surface area contributed by atoms with Gasteiger partial charge in [-0.15, -0.1) is 0 Å². The molecule has 0 fully saturated rings. The molecule has 0 aromatic heterocycles. The first kappa shape index (κ1) is 26.1. The molecule has 0 radical (unpaired) electrons. The van der Waals surface area contributed by atoms with Crippen LogP contribution in [0.4, 0.5) is 0 Å². The van der Waals surface area contributed by atoms with Gasteiger partial charge in [-0.1, -0.05) is 11.8 Å². The van der Waals surface area contributed by atoms with Crippen molar-refractivity contribution >= 4 is 21.7 Å². The van der Waals surface area contributed by atoms with Crippen LogP contribution in [0, 0.1) is 23.7 Å². The van der Waals surface area contributed by atoms with Crippen LogP contribution in [0.2, 0.25) is 0 Å². The van der Waals surface area contributed by atoms with Crippen LogP contribution in [-0.2, 0) is 19.4 Å². The summed E-state index contributed by atoms with van der Waals surface area (Å²) in [6.45, 7) is 2.42. The number of amides is 2. The van der Waals surface area contributed by atoms with Crippen LogP contribution in [0.5, 0.6) is 0 Å². The molecule has 0 heterocycles. The van der Waals surface area contributed by atoms with Crippen molar-refractivity contribution in [2.45, 2.75) is 37.2 Å². The van der Waals surface area contributed by atoms with Gasteiger partial charge in [0.25, 0.3) is 11.8 Å². The minimum absolute atomic E-state index is 0.135. The number of rotatable bonds is 8. The van der Waals surface area contributed by atoms with Crippen molar-refractivity contribution in [3.05, 3.63) is 35.4 Å². The molecule has 1 aromatic carbocycles. The first-order chi connectivity index (χ1) is 14.5. The molecule has 0 aliphatic rings. The van der Waals surface area contributed by atoms with Gasteiger partial charge in [0.1, 0.15) is 6.04 Å². The van der Waals surface area contributed by atoms with Gasteiger partial charge in [0.05, 0.1) is 17.5 Å². The first-order valence-electron chi connectivity index (χ1n) is 9.15. The van der Waals surface area contributed by atoms with Crippen LogP contribution in [0.3, 0.4) is 0 Å². The molecule has 0 bridgehead atoms. The number of methoxy groups -OCH3 is 1. The van der Waals surface area contributed by atoms with E-state index in [1.54, 1.807) is 12.1 Å². The van der Waals surface area contributed by atoms with Crippen LogP contribution in [0.1, 0.15) is 36.2 Å². The average molecular weight is 451 g/mol. The maximum atomic E-state index is 12.5. The molecule has 1 aromatic rings. The Labute approximate surface area is 182 Å². The molecule has 2 atom stereocenters. The molecule has 2 unspecified atom stereocenters. The van der Waals surface area contributed by atoms with Crippen LogP contribution in [0.15, 0.2) is 24.3 Å². The van der Waals surface area contributed by atoms with Crippen molar-refractivity contribution < 1.29 is 33.1 Å². The molecule has 1 rings (SSSR count). The number of nitrogens with one attached hydrogen (secondary N) is 2. The maximum Gasteiger partial charge on any atom is 0.267 e. The van der Waals surface area contributed by atoms with Crippen molar-refractivity contribution in [2.75, 3.05) is 20.0 Å². The minimum atomic E-state index is -3.75. The number of hydrogen-bond acceptors (Lipinski definition) is 7. The number of aliphatic hydroxyl groups is 1.